The fourth-order valence-corrected chi connectivity index (χ4v) is 1.98. The van der Waals surface area contributed by atoms with E-state index in [1.54, 1.807) is 7.11 Å². The molecule has 0 saturated heterocycles. The standard InChI is InChI=1S/C18H21NO3/c1-13-4-5-15(12-14(13)2)19-18(20)10-11-22-17-8-6-16(21-3)7-9-17/h4-9,12H,10-11H2,1-3H3,(H,19,20). The molecule has 0 unspecified atom stereocenters. The summed E-state index contributed by atoms with van der Waals surface area (Å²) >= 11 is 0. The van der Waals surface area contributed by atoms with Crippen molar-refractivity contribution >= 4 is 11.6 Å². The molecule has 1 amide bonds. The molecular formula is C18H21NO3. The van der Waals surface area contributed by atoms with Crippen molar-refractivity contribution < 1.29 is 14.3 Å². The van der Waals surface area contributed by atoms with Gasteiger partial charge in [0.25, 0.3) is 0 Å². The first-order valence-corrected chi connectivity index (χ1v) is 7.22. The monoisotopic (exact) mass is 299 g/mol. The van der Waals surface area contributed by atoms with E-state index in [0.717, 1.165) is 22.7 Å². The van der Waals surface area contributed by atoms with Crippen molar-refractivity contribution in [3.63, 3.8) is 0 Å². The molecule has 2 rings (SSSR count). The minimum absolute atomic E-state index is 0.0586. The fourth-order valence-electron chi connectivity index (χ4n) is 1.98. The van der Waals surface area contributed by atoms with Gasteiger partial charge >= 0.3 is 0 Å². The second kappa shape index (κ2) is 7.50. The number of anilines is 1. The molecule has 0 aliphatic rings. The van der Waals surface area contributed by atoms with E-state index in [-0.39, 0.29) is 5.91 Å². The van der Waals surface area contributed by atoms with Crippen LogP contribution in [-0.2, 0) is 4.79 Å². The average molecular weight is 299 g/mol. The van der Waals surface area contributed by atoms with Gasteiger partial charge in [0.15, 0.2) is 0 Å². The van der Waals surface area contributed by atoms with E-state index in [0.29, 0.717) is 13.0 Å². The van der Waals surface area contributed by atoms with Crippen LogP contribution in [-0.4, -0.2) is 19.6 Å². The van der Waals surface area contributed by atoms with Crippen LogP contribution in [0.2, 0.25) is 0 Å². The molecule has 0 aromatic heterocycles. The van der Waals surface area contributed by atoms with E-state index < -0.39 is 0 Å². The van der Waals surface area contributed by atoms with Crippen molar-refractivity contribution in [3.8, 4) is 11.5 Å². The lowest BCUT2D eigenvalue weighted by molar-refractivity contribution is -0.116. The summed E-state index contributed by atoms with van der Waals surface area (Å²) in [6.45, 7) is 4.41. The van der Waals surface area contributed by atoms with Crippen LogP contribution in [0.5, 0.6) is 11.5 Å². The maximum Gasteiger partial charge on any atom is 0.227 e. The highest BCUT2D eigenvalue weighted by Crippen LogP contribution is 2.17. The summed E-state index contributed by atoms with van der Waals surface area (Å²) in [7, 11) is 1.62. The minimum Gasteiger partial charge on any atom is -0.497 e. The number of benzene rings is 2. The third kappa shape index (κ3) is 4.52. The minimum atomic E-state index is -0.0586. The Morgan fingerprint density at radius 1 is 1.00 bits per heavy atom. The molecule has 4 nitrogen and oxygen atoms in total. The molecule has 0 fully saturated rings. The summed E-state index contributed by atoms with van der Waals surface area (Å²) in [6.07, 6.45) is 0.305. The van der Waals surface area contributed by atoms with Gasteiger partial charge in [0.2, 0.25) is 5.91 Å². The van der Waals surface area contributed by atoms with Crippen molar-refractivity contribution in [2.24, 2.45) is 0 Å². The maximum atomic E-state index is 11.9. The number of aryl methyl sites for hydroxylation is 2. The lowest BCUT2D eigenvalue weighted by atomic mass is 10.1. The molecule has 0 aliphatic heterocycles. The van der Waals surface area contributed by atoms with E-state index in [2.05, 4.69) is 5.32 Å². The first-order valence-electron chi connectivity index (χ1n) is 7.22. The van der Waals surface area contributed by atoms with Gasteiger partial charge in [-0.1, -0.05) is 6.07 Å². The topological polar surface area (TPSA) is 47.6 Å². The van der Waals surface area contributed by atoms with E-state index in [9.17, 15) is 4.79 Å². The first kappa shape index (κ1) is 15.9. The number of hydrogen-bond acceptors (Lipinski definition) is 3. The molecule has 0 heterocycles. The molecule has 2 aromatic rings. The highest BCUT2D eigenvalue weighted by Gasteiger charge is 2.04. The van der Waals surface area contributed by atoms with Crippen LogP contribution < -0.4 is 14.8 Å². The van der Waals surface area contributed by atoms with E-state index in [1.807, 2.05) is 56.3 Å². The number of carbonyl (C=O) groups excluding carboxylic acids is 1. The van der Waals surface area contributed by atoms with Crippen molar-refractivity contribution in [1.29, 1.82) is 0 Å². The molecule has 0 saturated carbocycles. The number of carbonyl (C=O) groups is 1. The SMILES string of the molecule is COc1ccc(OCCC(=O)Nc2ccc(C)c(C)c2)cc1. The van der Waals surface area contributed by atoms with Crippen LogP contribution >= 0.6 is 0 Å². The predicted octanol–water partition coefficient (Wildman–Crippen LogP) is 3.72. The van der Waals surface area contributed by atoms with Crippen LogP contribution in [0.1, 0.15) is 17.5 Å². The summed E-state index contributed by atoms with van der Waals surface area (Å²) in [6, 6.07) is 13.2. The fraction of sp³-hybridized carbons (Fsp3) is 0.278. The molecule has 0 atom stereocenters. The van der Waals surface area contributed by atoms with Crippen molar-refractivity contribution in [2.45, 2.75) is 20.3 Å². The zero-order valence-electron chi connectivity index (χ0n) is 13.2. The molecule has 1 N–H and O–H groups in total. The smallest absolute Gasteiger partial charge is 0.227 e. The van der Waals surface area contributed by atoms with Crippen LogP contribution in [0, 0.1) is 13.8 Å². The zero-order valence-corrected chi connectivity index (χ0v) is 13.2. The Morgan fingerprint density at radius 2 is 1.68 bits per heavy atom. The molecule has 4 heteroatoms. The highest BCUT2D eigenvalue weighted by atomic mass is 16.5. The maximum absolute atomic E-state index is 11.9. The van der Waals surface area contributed by atoms with Gasteiger partial charge in [-0.3, -0.25) is 4.79 Å². The van der Waals surface area contributed by atoms with Crippen LogP contribution in [0.15, 0.2) is 42.5 Å². The Bertz CT molecular complexity index is 635. The van der Waals surface area contributed by atoms with Gasteiger partial charge in [-0.05, 0) is 61.4 Å². The van der Waals surface area contributed by atoms with Gasteiger partial charge < -0.3 is 14.8 Å². The van der Waals surface area contributed by atoms with Gasteiger partial charge in [-0.15, -0.1) is 0 Å². The van der Waals surface area contributed by atoms with Gasteiger partial charge in [-0.2, -0.15) is 0 Å². The second-order valence-electron chi connectivity index (χ2n) is 5.12. The van der Waals surface area contributed by atoms with E-state index in [4.69, 9.17) is 9.47 Å². The lowest BCUT2D eigenvalue weighted by Crippen LogP contribution is -2.15. The molecule has 116 valence electrons. The van der Waals surface area contributed by atoms with Crippen molar-refractivity contribution in [3.05, 3.63) is 53.6 Å². The van der Waals surface area contributed by atoms with Crippen molar-refractivity contribution in [1.82, 2.24) is 0 Å². The lowest BCUT2D eigenvalue weighted by Gasteiger charge is -2.09. The number of hydrogen-bond donors (Lipinski definition) is 1. The molecule has 0 bridgehead atoms. The van der Waals surface area contributed by atoms with Crippen LogP contribution in [0.3, 0.4) is 0 Å². The Labute approximate surface area is 131 Å². The van der Waals surface area contributed by atoms with Crippen LogP contribution in [0.25, 0.3) is 0 Å². The Morgan fingerprint density at radius 3 is 2.32 bits per heavy atom. The predicted molar refractivity (Wildman–Crippen MR) is 87.7 cm³/mol. The van der Waals surface area contributed by atoms with Gasteiger partial charge in [0.05, 0.1) is 20.1 Å². The number of rotatable bonds is 6. The third-order valence-corrected chi connectivity index (χ3v) is 3.45. The molecule has 0 aliphatic carbocycles. The molecule has 2 aromatic carbocycles. The molecule has 22 heavy (non-hydrogen) atoms. The number of nitrogens with one attached hydrogen (secondary N) is 1. The van der Waals surface area contributed by atoms with Gasteiger partial charge in [0, 0.05) is 5.69 Å². The second-order valence-corrected chi connectivity index (χ2v) is 5.12. The van der Waals surface area contributed by atoms with E-state index >= 15 is 0 Å². The zero-order chi connectivity index (χ0) is 15.9. The Balaban J connectivity index is 1.78. The highest BCUT2D eigenvalue weighted by molar-refractivity contribution is 5.90. The number of methoxy groups -OCH3 is 1. The third-order valence-electron chi connectivity index (χ3n) is 3.45. The first-order chi connectivity index (χ1) is 10.6. The van der Waals surface area contributed by atoms with Gasteiger partial charge in [-0.25, -0.2) is 0 Å². The van der Waals surface area contributed by atoms with E-state index in [1.165, 1.54) is 5.56 Å². The van der Waals surface area contributed by atoms with Crippen LogP contribution in [0.4, 0.5) is 5.69 Å². The largest absolute Gasteiger partial charge is 0.497 e. The Kier molecular flexibility index (Phi) is 5.42. The van der Waals surface area contributed by atoms with Crippen molar-refractivity contribution in [2.75, 3.05) is 19.0 Å². The Hall–Kier alpha value is -2.49. The molecular weight excluding hydrogens is 278 g/mol. The summed E-state index contributed by atoms with van der Waals surface area (Å²) in [5, 5.41) is 2.88. The van der Waals surface area contributed by atoms with Gasteiger partial charge in [0.1, 0.15) is 11.5 Å². The quantitative estimate of drug-likeness (QED) is 0.884. The normalized spacial score (nSPS) is 10.1. The summed E-state index contributed by atoms with van der Waals surface area (Å²) in [5.41, 5.74) is 3.19. The number of ether oxygens (including phenoxy) is 2. The average Bonchev–Trinajstić information content (AvgIpc) is 2.51. The summed E-state index contributed by atoms with van der Waals surface area (Å²) in [4.78, 5) is 11.9. The molecule has 0 spiro atoms. The summed E-state index contributed by atoms with van der Waals surface area (Å²) in [5.74, 6) is 1.44. The summed E-state index contributed by atoms with van der Waals surface area (Å²) < 4.78 is 10.6. The number of amides is 1. The molecule has 0 radical (unpaired) electrons.